The summed E-state index contributed by atoms with van der Waals surface area (Å²) in [6.45, 7) is 16.5. The topological polar surface area (TPSA) is 65.5 Å². The van der Waals surface area contributed by atoms with Gasteiger partial charge in [-0.05, 0) is 235 Å². The Morgan fingerprint density at radius 3 is 0.788 bits per heavy atom. The second-order valence-electron chi connectivity index (χ2n) is 39.3. The molecule has 23 rings (SSSR count). The Balaban J connectivity index is 0.0000000981. The van der Waals surface area contributed by atoms with Crippen molar-refractivity contribution in [3.05, 3.63) is 238 Å². The maximum atomic E-state index is 7.08. The van der Waals surface area contributed by atoms with Crippen molar-refractivity contribution >= 4 is 0 Å². The van der Waals surface area contributed by atoms with E-state index in [2.05, 4.69) is 289 Å². The number of ether oxygens (including phenoxy) is 5. The minimum absolute atomic E-state index is 0.0555. The Hall–Kier alpha value is -9.15. The number of pyridine rings is 5. The zero-order chi connectivity index (χ0) is 81.2. The second kappa shape index (κ2) is 30.2. The van der Waals surface area contributed by atoms with Gasteiger partial charge in [0.05, 0.1) is 34.4 Å². The molecule has 0 atom stereocenters. The monoisotopic (exact) mass is 1580 g/mol. The fourth-order valence-electron chi connectivity index (χ4n) is 26.3. The highest BCUT2D eigenvalue weighted by atomic mass is 16.5. The van der Waals surface area contributed by atoms with Crippen molar-refractivity contribution in [3.8, 4) is 85.0 Å². The number of rotatable bonds is 5. The van der Waals surface area contributed by atoms with Crippen LogP contribution in [0.4, 0.5) is 0 Å². The van der Waals surface area contributed by atoms with E-state index in [1.807, 2.05) is 0 Å². The molecule has 5 aliphatic heterocycles. The molecule has 13 aliphatic rings. The summed E-state index contributed by atoms with van der Waals surface area (Å²) in [6, 6.07) is 55.5. The summed E-state index contributed by atoms with van der Waals surface area (Å²) in [7, 11) is 10.6. The van der Waals surface area contributed by atoms with E-state index in [0.29, 0.717) is 10.8 Å². The van der Waals surface area contributed by atoms with E-state index in [9.17, 15) is 0 Å². The smallest absolute Gasteiger partial charge is 0.216 e. The highest BCUT2D eigenvalue weighted by molar-refractivity contribution is 5.79. The fourth-order valence-corrected chi connectivity index (χ4v) is 26.3. The molecule has 0 bridgehead atoms. The van der Waals surface area contributed by atoms with E-state index < -0.39 is 0 Å². The average molecular weight is 1580 g/mol. The van der Waals surface area contributed by atoms with Crippen molar-refractivity contribution in [2.75, 3.05) is 6.61 Å². The lowest BCUT2D eigenvalue weighted by Crippen LogP contribution is -2.51. The molecule has 0 unspecified atom stereocenters. The molecule has 0 amide bonds. The van der Waals surface area contributed by atoms with Gasteiger partial charge in [-0.3, -0.25) is 0 Å². The SMILES string of the molecule is Cc1ccc2c(c1-c1cccc[n+]1C)OC(C)(C)C21CCCC1.Cc1ccc2c(c1-c1cccc[n+]1C)OC1(CC1)C21CCCC1.Cc1ccc2c(c1-c1cccc[n+]1C)OC1(CCCC1)C21CCCC1.Cc1ccc2c(c1-c1cccc[n+]1C)OC1(CCCCC1)C21CCCC1.Cc1ccc2c(c1-c1cccc[n+]1C)OCC21CCCC1. The van der Waals surface area contributed by atoms with Crippen LogP contribution in [0.2, 0.25) is 0 Å². The van der Waals surface area contributed by atoms with Crippen LogP contribution in [0.25, 0.3) is 56.3 Å². The van der Waals surface area contributed by atoms with Gasteiger partial charge in [-0.25, -0.2) is 22.8 Å². The van der Waals surface area contributed by atoms with Crippen molar-refractivity contribution < 1.29 is 46.5 Å². The van der Waals surface area contributed by atoms with Gasteiger partial charge < -0.3 is 23.7 Å². The number of benzene rings is 5. The predicted octanol–water partition coefficient (Wildman–Crippen LogP) is 22.8. The quantitative estimate of drug-likeness (QED) is 0.161. The molecule has 612 valence electrons. The maximum absolute atomic E-state index is 7.08. The van der Waals surface area contributed by atoms with Gasteiger partial charge in [-0.1, -0.05) is 131 Å². The minimum Gasteiger partial charge on any atom is -0.491 e. The van der Waals surface area contributed by atoms with Crippen LogP contribution in [-0.2, 0) is 62.3 Å². The summed E-state index contributed by atoms with van der Waals surface area (Å²) in [5, 5.41) is 0. The summed E-state index contributed by atoms with van der Waals surface area (Å²) < 4.78 is 44.8. The van der Waals surface area contributed by atoms with Crippen LogP contribution in [0.15, 0.2) is 183 Å². The lowest BCUT2D eigenvalue weighted by molar-refractivity contribution is -0.660. The van der Waals surface area contributed by atoms with Crippen molar-refractivity contribution in [3.63, 3.8) is 0 Å². The summed E-state index contributed by atoms with van der Waals surface area (Å²) in [5.74, 6) is 5.85. The van der Waals surface area contributed by atoms with Crippen LogP contribution >= 0.6 is 0 Å². The predicted molar refractivity (Wildman–Crippen MR) is 471 cm³/mol. The highest BCUT2D eigenvalue weighted by Crippen LogP contribution is 2.70. The van der Waals surface area contributed by atoms with Gasteiger partial charge >= 0.3 is 0 Å². The first kappa shape index (κ1) is 78.7. The van der Waals surface area contributed by atoms with Crippen LogP contribution in [0.5, 0.6) is 28.7 Å². The first-order valence-electron chi connectivity index (χ1n) is 46.0. The Labute approximate surface area is 704 Å². The third-order valence-electron chi connectivity index (χ3n) is 32.7. The number of aromatic nitrogens is 5. The first-order chi connectivity index (χ1) is 57.2. The van der Waals surface area contributed by atoms with Crippen molar-refractivity contribution in [1.29, 1.82) is 0 Å². The highest BCUT2D eigenvalue weighted by Gasteiger charge is 2.69. The number of aryl methyl sites for hydroxylation is 10. The number of nitrogens with zero attached hydrogens (tertiary/aromatic N) is 5. The van der Waals surface area contributed by atoms with E-state index in [0.717, 1.165) is 18.1 Å². The Kier molecular flexibility index (Phi) is 20.2. The maximum Gasteiger partial charge on any atom is 0.216 e. The average Bonchev–Trinajstić information content (AvgIpc) is 1.52. The summed E-state index contributed by atoms with van der Waals surface area (Å²) in [5.41, 5.74) is 28.2. The van der Waals surface area contributed by atoms with E-state index in [1.54, 1.807) is 0 Å². The van der Waals surface area contributed by atoms with Gasteiger partial charge in [0.2, 0.25) is 28.5 Å². The molecule has 10 heterocycles. The van der Waals surface area contributed by atoms with E-state index in [4.69, 9.17) is 23.7 Å². The van der Waals surface area contributed by atoms with Gasteiger partial charge in [0.15, 0.2) is 31.0 Å². The van der Waals surface area contributed by atoms with Gasteiger partial charge in [-0.2, -0.15) is 0 Å². The molecule has 8 fully saturated rings. The third-order valence-corrected chi connectivity index (χ3v) is 32.7. The molecule has 10 heteroatoms. The minimum atomic E-state index is -0.123. The molecule has 118 heavy (non-hydrogen) atoms. The molecule has 10 nitrogen and oxygen atoms in total. The van der Waals surface area contributed by atoms with Crippen LogP contribution in [0.3, 0.4) is 0 Å². The van der Waals surface area contributed by atoms with Gasteiger partial charge in [0.1, 0.15) is 86.4 Å². The zero-order valence-corrected chi connectivity index (χ0v) is 73.2. The Morgan fingerprint density at radius 2 is 0.483 bits per heavy atom. The molecule has 5 aromatic carbocycles. The molecule has 5 aromatic heterocycles. The number of hydrogen-bond donors (Lipinski definition) is 0. The van der Waals surface area contributed by atoms with Crippen molar-refractivity contribution in [2.24, 2.45) is 35.2 Å². The summed E-state index contributed by atoms with van der Waals surface area (Å²) >= 11 is 0. The van der Waals surface area contributed by atoms with Gasteiger partial charge in [-0.15, -0.1) is 0 Å². The number of hydrogen-bond acceptors (Lipinski definition) is 5. The van der Waals surface area contributed by atoms with E-state index >= 15 is 0 Å². The molecular formula is C108H130N5O5+5. The molecule has 8 spiro atoms. The van der Waals surface area contributed by atoms with Crippen LogP contribution in [-0.4, -0.2) is 29.0 Å². The molecule has 8 aliphatic carbocycles. The zero-order valence-electron chi connectivity index (χ0n) is 73.2. The first-order valence-corrected chi connectivity index (χ1v) is 46.0. The van der Waals surface area contributed by atoms with Crippen molar-refractivity contribution in [1.82, 2.24) is 0 Å². The number of fused-ring (bicyclic) bond motifs is 13. The second-order valence-corrected chi connectivity index (χ2v) is 39.3. The van der Waals surface area contributed by atoms with Crippen LogP contribution in [0.1, 0.15) is 269 Å². The lowest BCUT2D eigenvalue weighted by Gasteiger charge is -2.45. The lowest BCUT2D eigenvalue weighted by atomic mass is 9.62. The molecule has 0 saturated heterocycles. The molecule has 10 aromatic rings. The fraction of sp³-hybridized carbons (Fsp3) is 0.491. The van der Waals surface area contributed by atoms with E-state index in [-0.39, 0.29) is 38.6 Å². The van der Waals surface area contributed by atoms with Crippen LogP contribution in [0, 0.1) is 34.6 Å². The normalized spacial score (nSPS) is 21.4. The summed E-state index contributed by atoms with van der Waals surface area (Å²) in [4.78, 5) is 0. The van der Waals surface area contributed by atoms with Gasteiger partial charge in [0, 0.05) is 116 Å². The Morgan fingerprint density at radius 1 is 0.237 bits per heavy atom. The third kappa shape index (κ3) is 12.3. The Bertz CT molecular complexity index is 5380. The summed E-state index contributed by atoms with van der Waals surface area (Å²) in [6.07, 6.45) is 51.0. The van der Waals surface area contributed by atoms with Crippen LogP contribution < -0.4 is 46.5 Å². The molecule has 0 N–H and O–H groups in total. The molecule has 0 radical (unpaired) electrons. The molecule has 8 saturated carbocycles. The standard InChI is InChI=1S/C24H30NO.C23H28NO.C21H24NO.C21H26NO.C19H22NO/c1-18-11-12-19-22(21(18)20-10-4-9-17-25(20)2)26-24(15-5-3-6-16-24)23(19)13-7-8-14-23;1-17-10-11-18-21(20(17)19-9-3-8-16-24(19)2)25-23(14-6-7-15-23)22(18)12-4-5-13-22;1-15-8-9-16-19(18(15)17-7-3-6-14-22(17)2)23-21(12-13-21)20(16)10-4-5-11-20;1-15-10-11-16-19(18(15)17-9-5-8-14-22(17)4)23-20(2,3)21(16)12-6-7-13-21;1-14-8-9-15-18(21-13-19(15)10-4-5-11-19)17(14)16-7-3-6-12-20(16)2/h4,9-12,17H,3,5-8,13-16H2,1-2H3;3,8-11,16H,4-7,12-15H2,1-2H3;3,6-9,14H,4-5,10-13H2,1-2H3;5,8-11,14H,6-7,12-13H2,1-4H3;3,6-9,12H,4-5,10-11,13H2,1-2H3/q5*+1. The van der Waals surface area contributed by atoms with Crippen molar-refractivity contribution in [2.45, 2.75) is 297 Å². The molecular weight excluding hydrogens is 1450 g/mol. The van der Waals surface area contributed by atoms with E-state index in [1.165, 1.54) is 328 Å². The van der Waals surface area contributed by atoms with Gasteiger partial charge in [0.25, 0.3) is 0 Å². The largest absolute Gasteiger partial charge is 0.491 e.